The minimum absolute atomic E-state index is 0.219. The van der Waals surface area contributed by atoms with E-state index in [1.165, 1.54) is 0 Å². The van der Waals surface area contributed by atoms with Crippen molar-refractivity contribution in [2.45, 2.75) is 44.6 Å². The first-order valence-electron chi connectivity index (χ1n) is 5.84. The SMILES string of the molecule is CC(CCN)c1nc(C2(C)CCCO2)no1. The smallest absolute Gasteiger partial charge is 0.229 e. The van der Waals surface area contributed by atoms with Crippen molar-refractivity contribution in [3.05, 3.63) is 11.7 Å². The molecule has 0 radical (unpaired) electrons. The van der Waals surface area contributed by atoms with E-state index >= 15 is 0 Å². The van der Waals surface area contributed by atoms with Crippen molar-refractivity contribution in [2.75, 3.05) is 13.2 Å². The highest BCUT2D eigenvalue weighted by atomic mass is 16.5. The van der Waals surface area contributed by atoms with Crippen molar-refractivity contribution in [3.8, 4) is 0 Å². The quantitative estimate of drug-likeness (QED) is 0.841. The first-order chi connectivity index (χ1) is 7.65. The third-order valence-corrected chi connectivity index (χ3v) is 3.15. The Morgan fingerprint density at radius 3 is 3.00 bits per heavy atom. The van der Waals surface area contributed by atoms with Crippen LogP contribution in [0.15, 0.2) is 4.52 Å². The molecule has 0 bridgehead atoms. The van der Waals surface area contributed by atoms with Gasteiger partial charge in [0.2, 0.25) is 11.7 Å². The van der Waals surface area contributed by atoms with E-state index in [-0.39, 0.29) is 11.5 Å². The molecule has 2 atom stereocenters. The van der Waals surface area contributed by atoms with Crippen molar-refractivity contribution >= 4 is 0 Å². The lowest BCUT2D eigenvalue weighted by atomic mass is 10.0. The predicted octanol–water partition coefficient (Wildman–Crippen LogP) is 1.55. The van der Waals surface area contributed by atoms with Gasteiger partial charge in [0.15, 0.2) is 0 Å². The Kier molecular flexibility index (Phi) is 3.25. The van der Waals surface area contributed by atoms with Crippen molar-refractivity contribution in [1.82, 2.24) is 10.1 Å². The van der Waals surface area contributed by atoms with Gasteiger partial charge in [-0.15, -0.1) is 0 Å². The first kappa shape index (κ1) is 11.5. The molecule has 2 rings (SSSR count). The largest absolute Gasteiger partial charge is 0.367 e. The maximum absolute atomic E-state index is 5.67. The van der Waals surface area contributed by atoms with E-state index in [4.69, 9.17) is 15.0 Å². The highest BCUT2D eigenvalue weighted by Crippen LogP contribution is 2.34. The summed E-state index contributed by atoms with van der Waals surface area (Å²) in [7, 11) is 0. The van der Waals surface area contributed by atoms with Gasteiger partial charge in [-0.1, -0.05) is 12.1 Å². The van der Waals surface area contributed by atoms with Crippen molar-refractivity contribution in [2.24, 2.45) is 5.73 Å². The first-order valence-corrected chi connectivity index (χ1v) is 5.84. The molecule has 5 heteroatoms. The second kappa shape index (κ2) is 4.51. The second-order valence-corrected chi connectivity index (χ2v) is 4.62. The average Bonchev–Trinajstić information content (AvgIpc) is 2.86. The number of ether oxygens (including phenoxy) is 1. The molecular formula is C11H19N3O2. The number of nitrogens with two attached hydrogens (primary N) is 1. The summed E-state index contributed by atoms with van der Waals surface area (Å²) >= 11 is 0. The van der Waals surface area contributed by atoms with Crippen LogP contribution in [0.25, 0.3) is 0 Å². The van der Waals surface area contributed by atoms with Gasteiger partial charge in [-0.3, -0.25) is 0 Å². The molecule has 1 saturated heterocycles. The van der Waals surface area contributed by atoms with Gasteiger partial charge in [0.1, 0.15) is 5.60 Å². The highest BCUT2D eigenvalue weighted by Gasteiger charge is 2.36. The zero-order valence-electron chi connectivity index (χ0n) is 9.90. The molecular weight excluding hydrogens is 206 g/mol. The van der Waals surface area contributed by atoms with Gasteiger partial charge in [0, 0.05) is 12.5 Å². The molecule has 90 valence electrons. The van der Waals surface area contributed by atoms with Gasteiger partial charge in [0.05, 0.1) is 0 Å². The summed E-state index contributed by atoms with van der Waals surface area (Å²) in [5.74, 6) is 1.55. The Hall–Kier alpha value is -0.940. The molecule has 1 aliphatic rings. The molecule has 1 aliphatic heterocycles. The van der Waals surface area contributed by atoms with Crippen LogP contribution in [0.2, 0.25) is 0 Å². The average molecular weight is 225 g/mol. The Bertz CT molecular complexity index is 345. The molecule has 0 amide bonds. The summed E-state index contributed by atoms with van der Waals surface area (Å²) in [6, 6.07) is 0. The lowest BCUT2D eigenvalue weighted by Crippen LogP contribution is -2.21. The summed E-state index contributed by atoms with van der Waals surface area (Å²) < 4.78 is 10.9. The van der Waals surface area contributed by atoms with Gasteiger partial charge in [0.25, 0.3) is 0 Å². The van der Waals surface area contributed by atoms with E-state index < -0.39 is 0 Å². The maximum atomic E-state index is 5.67. The summed E-state index contributed by atoms with van der Waals surface area (Å²) in [6.45, 7) is 5.47. The van der Waals surface area contributed by atoms with Crippen LogP contribution in [0.5, 0.6) is 0 Å². The van der Waals surface area contributed by atoms with Gasteiger partial charge >= 0.3 is 0 Å². The van der Waals surface area contributed by atoms with Crippen molar-refractivity contribution in [1.29, 1.82) is 0 Å². The molecule has 5 nitrogen and oxygen atoms in total. The maximum Gasteiger partial charge on any atom is 0.229 e. The minimum Gasteiger partial charge on any atom is -0.367 e. The lowest BCUT2D eigenvalue weighted by Gasteiger charge is -2.17. The highest BCUT2D eigenvalue weighted by molar-refractivity contribution is 5.03. The molecule has 1 aromatic heterocycles. The third-order valence-electron chi connectivity index (χ3n) is 3.15. The molecule has 1 aromatic rings. The summed E-state index contributed by atoms with van der Waals surface area (Å²) in [5, 5.41) is 4.02. The van der Waals surface area contributed by atoms with Crippen LogP contribution in [0, 0.1) is 0 Å². The minimum atomic E-state index is -0.357. The van der Waals surface area contributed by atoms with Crippen LogP contribution in [-0.4, -0.2) is 23.3 Å². The van der Waals surface area contributed by atoms with Crippen LogP contribution in [-0.2, 0) is 10.3 Å². The molecule has 2 N–H and O–H groups in total. The van der Waals surface area contributed by atoms with Gasteiger partial charge in [-0.25, -0.2) is 0 Å². The van der Waals surface area contributed by atoms with Gasteiger partial charge in [-0.2, -0.15) is 4.98 Å². The lowest BCUT2D eigenvalue weighted by molar-refractivity contribution is 0.00768. The monoisotopic (exact) mass is 225 g/mol. The summed E-state index contributed by atoms with van der Waals surface area (Å²) in [5.41, 5.74) is 5.15. The van der Waals surface area contributed by atoms with E-state index in [2.05, 4.69) is 10.1 Å². The Labute approximate surface area is 95.3 Å². The van der Waals surface area contributed by atoms with E-state index in [0.717, 1.165) is 25.9 Å². The van der Waals surface area contributed by atoms with E-state index in [0.29, 0.717) is 18.3 Å². The number of rotatable bonds is 4. The van der Waals surface area contributed by atoms with Crippen LogP contribution >= 0.6 is 0 Å². The molecule has 0 aliphatic carbocycles. The van der Waals surface area contributed by atoms with Gasteiger partial charge in [-0.05, 0) is 32.7 Å². The molecule has 2 heterocycles. The van der Waals surface area contributed by atoms with Crippen molar-refractivity contribution in [3.63, 3.8) is 0 Å². The fourth-order valence-electron chi connectivity index (χ4n) is 1.98. The fourth-order valence-corrected chi connectivity index (χ4v) is 1.98. The van der Waals surface area contributed by atoms with Crippen LogP contribution in [0.1, 0.15) is 50.7 Å². The topological polar surface area (TPSA) is 74.2 Å². The van der Waals surface area contributed by atoms with E-state index in [1.54, 1.807) is 0 Å². The zero-order valence-corrected chi connectivity index (χ0v) is 9.90. The molecule has 2 unspecified atom stereocenters. The van der Waals surface area contributed by atoms with Crippen LogP contribution < -0.4 is 5.73 Å². The third kappa shape index (κ3) is 2.10. The standard InChI is InChI=1S/C11H19N3O2/c1-8(4-6-12)9-13-10(14-16-9)11(2)5-3-7-15-11/h8H,3-7,12H2,1-2H3. The fraction of sp³-hybridized carbons (Fsp3) is 0.818. The molecule has 0 saturated carbocycles. The zero-order chi connectivity index (χ0) is 11.6. The summed E-state index contributed by atoms with van der Waals surface area (Å²) in [6.07, 6.45) is 2.87. The Morgan fingerprint density at radius 2 is 2.38 bits per heavy atom. The predicted molar refractivity (Wildman–Crippen MR) is 58.9 cm³/mol. The van der Waals surface area contributed by atoms with E-state index in [1.807, 2.05) is 13.8 Å². The van der Waals surface area contributed by atoms with Crippen molar-refractivity contribution < 1.29 is 9.26 Å². The summed E-state index contributed by atoms with van der Waals surface area (Å²) in [4.78, 5) is 4.42. The van der Waals surface area contributed by atoms with Crippen LogP contribution in [0.3, 0.4) is 0 Å². The molecule has 16 heavy (non-hydrogen) atoms. The van der Waals surface area contributed by atoms with Gasteiger partial charge < -0.3 is 15.0 Å². The number of hydrogen-bond donors (Lipinski definition) is 1. The number of hydrogen-bond acceptors (Lipinski definition) is 5. The molecule has 0 spiro atoms. The Morgan fingerprint density at radius 1 is 1.56 bits per heavy atom. The van der Waals surface area contributed by atoms with Crippen LogP contribution in [0.4, 0.5) is 0 Å². The second-order valence-electron chi connectivity index (χ2n) is 4.62. The number of nitrogens with zero attached hydrogens (tertiary/aromatic N) is 2. The molecule has 1 fully saturated rings. The van der Waals surface area contributed by atoms with E-state index in [9.17, 15) is 0 Å². The molecule has 0 aromatic carbocycles. The normalized spacial score (nSPS) is 27.2. The number of aromatic nitrogens is 2. The Balaban J connectivity index is 2.12.